The maximum atomic E-state index is 6.21. The van der Waals surface area contributed by atoms with Crippen LogP contribution in [0, 0.1) is 0 Å². The Morgan fingerprint density at radius 1 is 0.926 bits per heavy atom. The molecule has 3 nitrogen and oxygen atoms in total. The molecule has 0 saturated heterocycles. The molecule has 0 unspecified atom stereocenters. The van der Waals surface area contributed by atoms with Crippen LogP contribution in [0.4, 0.5) is 0 Å². The molecule has 0 atom stereocenters. The number of halogens is 2. The molecule has 2 aromatic carbocycles. The summed E-state index contributed by atoms with van der Waals surface area (Å²) in [5, 5.41) is 1.29. The van der Waals surface area contributed by atoms with Crippen molar-refractivity contribution in [3.63, 3.8) is 0 Å². The minimum atomic E-state index is 0.345. The van der Waals surface area contributed by atoms with Gasteiger partial charge in [0.15, 0.2) is 0 Å². The van der Waals surface area contributed by atoms with Gasteiger partial charge in [-0.2, -0.15) is 0 Å². The molecule has 1 heterocycles. The Morgan fingerprint density at radius 3 is 2.59 bits per heavy atom. The van der Waals surface area contributed by atoms with Gasteiger partial charge < -0.3 is 9.47 Å². The third-order valence-electron chi connectivity index (χ3n) is 4.42. The molecule has 0 spiro atoms. The van der Waals surface area contributed by atoms with Crippen LogP contribution in [-0.4, -0.2) is 11.1 Å². The zero-order chi connectivity index (χ0) is 18.6. The predicted octanol–water partition coefficient (Wildman–Crippen LogP) is 6.31. The minimum absolute atomic E-state index is 0.345. The van der Waals surface area contributed by atoms with Gasteiger partial charge in [-0.05, 0) is 54.3 Å². The van der Waals surface area contributed by atoms with Crippen LogP contribution in [0.1, 0.15) is 24.0 Å². The van der Waals surface area contributed by atoms with E-state index in [0.29, 0.717) is 29.4 Å². The van der Waals surface area contributed by atoms with Crippen molar-refractivity contribution < 1.29 is 9.47 Å². The summed E-state index contributed by atoms with van der Waals surface area (Å²) in [5.41, 5.74) is 4.00. The van der Waals surface area contributed by atoms with Crippen molar-refractivity contribution in [2.75, 3.05) is 0 Å². The zero-order valence-electron chi connectivity index (χ0n) is 14.7. The van der Waals surface area contributed by atoms with Crippen molar-refractivity contribution in [2.24, 2.45) is 0 Å². The molecular weight excluding hydrogens is 381 g/mol. The van der Waals surface area contributed by atoms with Gasteiger partial charge >= 0.3 is 0 Å². The second-order valence-electron chi connectivity index (χ2n) is 6.57. The Bertz CT molecular complexity index is 941. The van der Waals surface area contributed by atoms with E-state index in [1.165, 1.54) is 0 Å². The first kappa shape index (κ1) is 18.3. The van der Waals surface area contributed by atoms with Crippen molar-refractivity contribution in [2.45, 2.75) is 32.2 Å². The summed E-state index contributed by atoms with van der Waals surface area (Å²) in [6, 6.07) is 15.5. The summed E-state index contributed by atoms with van der Waals surface area (Å²) in [6.45, 7) is 0.803. The lowest BCUT2D eigenvalue weighted by Crippen LogP contribution is -2.01. The number of hydrogen-bond donors (Lipinski definition) is 0. The standard InChI is InChI=1S/C22H19Cl2NO2/c23-17-5-8-21(24)15(11-17)13-26-14-16-12-25-10-9-19(16)20-3-1-2-4-22(20)27-18-6-7-18/h1-5,8-12,18H,6-7,13-14H2. The number of hydrogen-bond acceptors (Lipinski definition) is 3. The minimum Gasteiger partial charge on any atom is -0.490 e. The summed E-state index contributed by atoms with van der Waals surface area (Å²) < 4.78 is 12.0. The van der Waals surface area contributed by atoms with Crippen molar-refractivity contribution in [3.8, 4) is 16.9 Å². The van der Waals surface area contributed by atoms with E-state index < -0.39 is 0 Å². The Balaban J connectivity index is 1.52. The van der Waals surface area contributed by atoms with Crippen LogP contribution in [0.25, 0.3) is 11.1 Å². The third kappa shape index (κ3) is 4.62. The number of rotatable bonds is 7. The summed E-state index contributed by atoms with van der Waals surface area (Å²) in [4.78, 5) is 4.26. The third-order valence-corrected chi connectivity index (χ3v) is 5.03. The molecule has 1 saturated carbocycles. The number of pyridine rings is 1. The molecule has 0 radical (unpaired) electrons. The van der Waals surface area contributed by atoms with E-state index in [1.54, 1.807) is 18.3 Å². The highest BCUT2D eigenvalue weighted by atomic mass is 35.5. The van der Waals surface area contributed by atoms with Crippen molar-refractivity contribution >= 4 is 23.2 Å². The lowest BCUT2D eigenvalue weighted by atomic mass is 10.0. The molecule has 0 aliphatic heterocycles. The Labute approximate surface area is 168 Å². The van der Waals surface area contributed by atoms with Gasteiger partial charge in [-0.15, -0.1) is 0 Å². The van der Waals surface area contributed by atoms with Crippen molar-refractivity contribution in [3.05, 3.63) is 82.1 Å². The number of benzene rings is 2. The first-order valence-corrected chi connectivity index (χ1v) is 9.67. The van der Waals surface area contributed by atoms with Crippen LogP contribution >= 0.6 is 23.2 Å². The van der Waals surface area contributed by atoms with Gasteiger partial charge in [0, 0.05) is 33.6 Å². The van der Waals surface area contributed by atoms with Crippen LogP contribution in [0.2, 0.25) is 10.0 Å². The fourth-order valence-corrected chi connectivity index (χ4v) is 3.25. The highest BCUT2D eigenvalue weighted by Crippen LogP contribution is 2.36. The molecule has 1 aliphatic carbocycles. The average Bonchev–Trinajstić information content (AvgIpc) is 3.50. The van der Waals surface area contributed by atoms with E-state index in [1.807, 2.05) is 36.5 Å². The molecule has 1 fully saturated rings. The molecular formula is C22H19Cl2NO2. The Hall–Kier alpha value is -2.07. The molecule has 5 heteroatoms. The van der Waals surface area contributed by atoms with Gasteiger partial charge in [0.25, 0.3) is 0 Å². The van der Waals surface area contributed by atoms with E-state index in [9.17, 15) is 0 Å². The molecule has 0 bridgehead atoms. The zero-order valence-corrected chi connectivity index (χ0v) is 16.2. The Kier molecular flexibility index (Phi) is 5.63. The largest absolute Gasteiger partial charge is 0.490 e. The quantitative estimate of drug-likeness (QED) is 0.466. The van der Waals surface area contributed by atoms with Gasteiger partial charge in [-0.1, -0.05) is 41.4 Å². The fraction of sp³-hybridized carbons (Fsp3) is 0.227. The molecule has 138 valence electrons. The molecule has 27 heavy (non-hydrogen) atoms. The highest BCUT2D eigenvalue weighted by Gasteiger charge is 2.25. The van der Waals surface area contributed by atoms with Gasteiger partial charge in [0.2, 0.25) is 0 Å². The SMILES string of the molecule is Clc1ccc(Cl)c(COCc2cnccc2-c2ccccc2OC2CC2)c1. The molecule has 1 aliphatic rings. The first-order valence-electron chi connectivity index (χ1n) is 8.91. The second-order valence-corrected chi connectivity index (χ2v) is 7.42. The van der Waals surface area contributed by atoms with Crippen molar-refractivity contribution in [1.82, 2.24) is 4.98 Å². The van der Waals surface area contributed by atoms with Crippen LogP contribution in [0.3, 0.4) is 0 Å². The first-order chi connectivity index (χ1) is 13.2. The molecule has 3 aromatic rings. The summed E-state index contributed by atoms with van der Waals surface area (Å²) >= 11 is 12.3. The van der Waals surface area contributed by atoms with Crippen LogP contribution in [0.15, 0.2) is 60.9 Å². The monoisotopic (exact) mass is 399 g/mol. The maximum absolute atomic E-state index is 6.21. The Morgan fingerprint density at radius 2 is 1.74 bits per heavy atom. The summed E-state index contributed by atoms with van der Waals surface area (Å²) in [6.07, 6.45) is 6.23. The number of para-hydroxylation sites is 1. The van der Waals surface area contributed by atoms with Crippen LogP contribution in [-0.2, 0) is 18.0 Å². The maximum Gasteiger partial charge on any atom is 0.127 e. The van der Waals surface area contributed by atoms with Crippen LogP contribution in [0.5, 0.6) is 5.75 Å². The van der Waals surface area contributed by atoms with Gasteiger partial charge in [0.05, 0.1) is 19.3 Å². The molecule has 0 N–H and O–H groups in total. The normalized spacial score (nSPS) is 13.6. The number of aromatic nitrogens is 1. The van der Waals surface area contributed by atoms with E-state index in [4.69, 9.17) is 32.7 Å². The number of ether oxygens (including phenoxy) is 2. The van der Waals surface area contributed by atoms with Gasteiger partial charge in [-0.3, -0.25) is 4.98 Å². The van der Waals surface area contributed by atoms with Gasteiger partial charge in [-0.25, -0.2) is 0 Å². The number of nitrogens with zero attached hydrogens (tertiary/aromatic N) is 1. The predicted molar refractivity (Wildman–Crippen MR) is 108 cm³/mol. The molecule has 0 amide bonds. The van der Waals surface area contributed by atoms with Crippen molar-refractivity contribution in [1.29, 1.82) is 0 Å². The fourth-order valence-electron chi connectivity index (χ4n) is 2.89. The van der Waals surface area contributed by atoms with E-state index in [2.05, 4.69) is 11.1 Å². The van der Waals surface area contributed by atoms with E-state index in [0.717, 1.165) is 40.8 Å². The van der Waals surface area contributed by atoms with Crippen LogP contribution < -0.4 is 4.74 Å². The topological polar surface area (TPSA) is 31.4 Å². The summed E-state index contributed by atoms with van der Waals surface area (Å²) in [7, 11) is 0. The lowest BCUT2D eigenvalue weighted by molar-refractivity contribution is 0.107. The van der Waals surface area contributed by atoms with E-state index >= 15 is 0 Å². The lowest BCUT2D eigenvalue weighted by Gasteiger charge is -2.14. The summed E-state index contributed by atoms with van der Waals surface area (Å²) in [5.74, 6) is 0.908. The highest BCUT2D eigenvalue weighted by molar-refractivity contribution is 6.33. The average molecular weight is 400 g/mol. The smallest absolute Gasteiger partial charge is 0.127 e. The second kappa shape index (κ2) is 8.30. The molecule has 1 aromatic heterocycles. The molecule has 4 rings (SSSR count). The van der Waals surface area contributed by atoms with Gasteiger partial charge in [0.1, 0.15) is 5.75 Å². The van der Waals surface area contributed by atoms with E-state index in [-0.39, 0.29) is 0 Å².